The lowest BCUT2D eigenvalue weighted by molar-refractivity contribution is -0.00444. The van der Waals surface area contributed by atoms with Gasteiger partial charge in [0, 0.05) is 22.1 Å². The average molecular weight is 393 g/mol. The molecule has 2 nitrogen and oxygen atoms in total. The zero-order valence-electron chi connectivity index (χ0n) is 17.4. The molecule has 0 unspecified atom stereocenters. The van der Waals surface area contributed by atoms with E-state index in [2.05, 4.69) is 71.3 Å². The molecule has 2 N–H and O–H groups in total. The van der Waals surface area contributed by atoms with Gasteiger partial charge in [-0.25, -0.2) is 0 Å². The lowest BCUT2D eigenvalue weighted by Gasteiger charge is -2.57. The van der Waals surface area contributed by atoms with Gasteiger partial charge in [-0.05, 0) is 97.6 Å². The van der Waals surface area contributed by atoms with Crippen LogP contribution in [0.25, 0.3) is 27.5 Å². The number of para-hydroxylation sites is 2. The van der Waals surface area contributed by atoms with Crippen LogP contribution in [0.1, 0.15) is 44.1 Å². The van der Waals surface area contributed by atoms with Gasteiger partial charge in [0.2, 0.25) is 0 Å². The van der Waals surface area contributed by atoms with Gasteiger partial charge in [0.15, 0.2) is 0 Å². The number of hydrogen-bond donors (Lipinski definition) is 1. The van der Waals surface area contributed by atoms with E-state index in [0.29, 0.717) is 5.41 Å². The molecule has 2 heteroatoms. The fourth-order valence-electron chi connectivity index (χ4n) is 7.83. The molecule has 0 radical (unpaired) electrons. The summed E-state index contributed by atoms with van der Waals surface area (Å²) < 4.78 is 2.42. The fraction of sp³-hybridized carbons (Fsp3) is 0.357. The monoisotopic (exact) mass is 392 g/mol. The third kappa shape index (κ3) is 2.25. The number of rotatable bonds is 2. The van der Waals surface area contributed by atoms with E-state index in [1.807, 2.05) is 0 Å². The van der Waals surface area contributed by atoms with Gasteiger partial charge in [-0.1, -0.05) is 36.4 Å². The maximum Gasteiger partial charge on any atom is 0.0564 e. The molecule has 0 spiro atoms. The van der Waals surface area contributed by atoms with E-state index in [9.17, 15) is 0 Å². The van der Waals surface area contributed by atoms with E-state index >= 15 is 0 Å². The summed E-state index contributed by atoms with van der Waals surface area (Å²) >= 11 is 0. The second-order valence-corrected chi connectivity index (χ2v) is 10.3. The highest BCUT2D eigenvalue weighted by molar-refractivity contribution is 6.12. The second-order valence-electron chi connectivity index (χ2n) is 10.3. The summed E-state index contributed by atoms with van der Waals surface area (Å²) in [6.45, 7) is 0. The lowest BCUT2D eigenvalue weighted by Crippen LogP contribution is -2.48. The molecule has 0 saturated heterocycles. The predicted octanol–water partition coefficient (Wildman–Crippen LogP) is 6.83. The second kappa shape index (κ2) is 5.91. The van der Waals surface area contributed by atoms with Crippen LogP contribution in [-0.4, -0.2) is 4.57 Å². The third-order valence-electron chi connectivity index (χ3n) is 8.42. The largest absolute Gasteiger partial charge is 0.399 e. The lowest BCUT2D eigenvalue weighted by atomic mass is 9.47. The van der Waals surface area contributed by atoms with E-state index < -0.39 is 0 Å². The Bertz CT molecular complexity index is 1250. The molecule has 30 heavy (non-hydrogen) atoms. The Morgan fingerprint density at radius 1 is 0.733 bits per heavy atom. The minimum atomic E-state index is 0.327. The van der Waals surface area contributed by atoms with Crippen LogP contribution in [0, 0.1) is 17.8 Å². The first-order valence-corrected chi connectivity index (χ1v) is 11.6. The molecule has 0 atom stereocenters. The molecule has 1 aromatic heterocycles. The summed E-state index contributed by atoms with van der Waals surface area (Å²) in [6, 6.07) is 24.2. The smallest absolute Gasteiger partial charge is 0.0564 e. The molecular formula is C28H28N2. The standard InChI is InChI=1S/C28H28N2/c29-21-13-24(28-15-18-10-19(16-28)12-20(11-18)17-28)27-23-8-4-5-9-25(23)30(26(27)14-21)22-6-2-1-3-7-22/h1-9,13-14,18-20H,10-12,15-17,29H2. The zero-order chi connectivity index (χ0) is 19.9. The summed E-state index contributed by atoms with van der Waals surface area (Å²) in [4.78, 5) is 0. The van der Waals surface area contributed by atoms with Crippen molar-refractivity contribution < 1.29 is 0 Å². The molecule has 150 valence electrons. The van der Waals surface area contributed by atoms with E-state index in [1.54, 1.807) is 5.56 Å². The molecular weight excluding hydrogens is 364 g/mol. The van der Waals surface area contributed by atoms with Crippen molar-refractivity contribution in [3.05, 3.63) is 72.3 Å². The molecule has 0 aliphatic heterocycles. The van der Waals surface area contributed by atoms with Gasteiger partial charge in [-0.15, -0.1) is 0 Å². The van der Waals surface area contributed by atoms with Crippen LogP contribution in [0.15, 0.2) is 66.7 Å². The first kappa shape index (κ1) is 17.0. The Labute approximate surface area is 177 Å². The van der Waals surface area contributed by atoms with Gasteiger partial charge < -0.3 is 10.3 Å². The Hall–Kier alpha value is -2.74. The first-order chi connectivity index (χ1) is 14.7. The van der Waals surface area contributed by atoms with Gasteiger partial charge in [-0.2, -0.15) is 0 Å². The highest BCUT2D eigenvalue weighted by atomic mass is 15.0. The molecule has 3 aromatic carbocycles. The average Bonchev–Trinajstić information content (AvgIpc) is 3.06. The topological polar surface area (TPSA) is 30.9 Å². The van der Waals surface area contributed by atoms with Crippen molar-refractivity contribution in [2.24, 2.45) is 17.8 Å². The number of aromatic nitrogens is 1. The summed E-state index contributed by atoms with van der Waals surface area (Å²) in [5.41, 5.74) is 13.2. The highest BCUT2D eigenvalue weighted by Crippen LogP contribution is 2.62. The van der Waals surface area contributed by atoms with E-state index in [0.717, 1.165) is 23.4 Å². The number of benzene rings is 3. The fourth-order valence-corrected chi connectivity index (χ4v) is 7.83. The van der Waals surface area contributed by atoms with Crippen molar-refractivity contribution in [2.75, 3.05) is 5.73 Å². The van der Waals surface area contributed by atoms with Crippen LogP contribution in [-0.2, 0) is 5.41 Å². The number of hydrogen-bond acceptors (Lipinski definition) is 1. The van der Waals surface area contributed by atoms with E-state index in [1.165, 1.54) is 66.0 Å². The maximum atomic E-state index is 6.60. The summed E-state index contributed by atoms with van der Waals surface area (Å²) in [5.74, 6) is 2.78. The Morgan fingerprint density at radius 3 is 2.07 bits per heavy atom. The van der Waals surface area contributed by atoms with Gasteiger partial charge in [-0.3, -0.25) is 0 Å². The Morgan fingerprint density at radius 2 is 1.37 bits per heavy atom. The van der Waals surface area contributed by atoms with Crippen molar-refractivity contribution in [3.63, 3.8) is 0 Å². The third-order valence-corrected chi connectivity index (χ3v) is 8.42. The number of nitrogen functional groups attached to an aromatic ring is 1. The molecule has 4 aliphatic carbocycles. The zero-order valence-corrected chi connectivity index (χ0v) is 17.4. The van der Waals surface area contributed by atoms with Gasteiger partial charge >= 0.3 is 0 Å². The molecule has 4 aliphatic rings. The van der Waals surface area contributed by atoms with Crippen molar-refractivity contribution >= 4 is 27.5 Å². The number of anilines is 1. The maximum absolute atomic E-state index is 6.60. The molecule has 4 aromatic rings. The normalized spacial score (nSPS) is 29.8. The van der Waals surface area contributed by atoms with Gasteiger partial charge in [0.25, 0.3) is 0 Å². The van der Waals surface area contributed by atoms with Crippen LogP contribution in [0.2, 0.25) is 0 Å². The molecule has 8 rings (SSSR count). The summed E-state index contributed by atoms with van der Waals surface area (Å²) in [5, 5.41) is 2.83. The first-order valence-electron chi connectivity index (χ1n) is 11.6. The van der Waals surface area contributed by atoms with E-state index in [4.69, 9.17) is 5.73 Å². The van der Waals surface area contributed by atoms with Gasteiger partial charge in [0.05, 0.1) is 11.0 Å². The summed E-state index contributed by atoms with van der Waals surface area (Å²) in [7, 11) is 0. The van der Waals surface area contributed by atoms with Gasteiger partial charge in [0.1, 0.15) is 0 Å². The molecule has 4 saturated carbocycles. The van der Waals surface area contributed by atoms with E-state index in [-0.39, 0.29) is 0 Å². The summed E-state index contributed by atoms with van der Waals surface area (Å²) in [6.07, 6.45) is 8.50. The number of nitrogens with zero attached hydrogens (tertiary/aromatic N) is 1. The Kier molecular flexibility index (Phi) is 3.35. The molecule has 0 amide bonds. The van der Waals surface area contributed by atoms with Crippen LogP contribution < -0.4 is 5.73 Å². The molecule has 1 heterocycles. The van der Waals surface area contributed by atoms with Crippen molar-refractivity contribution in [1.82, 2.24) is 4.57 Å². The number of fused-ring (bicyclic) bond motifs is 3. The van der Waals surface area contributed by atoms with Crippen LogP contribution in [0.5, 0.6) is 0 Å². The quantitative estimate of drug-likeness (QED) is 0.372. The SMILES string of the molecule is Nc1cc(C23CC4CC(CC(C4)C2)C3)c2c3ccccc3n(-c3ccccc3)c2c1. The van der Waals surface area contributed by atoms with Crippen LogP contribution >= 0.6 is 0 Å². The predicted molar refractivity (Wildman–Crippen MR) is 125 cm³/mol. The minimum Gasteiger partial charge on any atom is -0.399 e. The van der Waals surface area contributed by atoms with Crippen LogP contribution in [0.4, 0.5) is 5.69 Å². The van der Waals surface area contributed by atoms with Crippen molar-refractivity contribution in [3.8, 4) is 5.69 Å². The van der Waals surface area contributed by atoms with Crippen molar-refractivity contribution in [2.45, 2.75) is 43.9 Å². The minimum absolute atomic E-state index is 0.327. The number of nitrogens with two attached hydrogens (primary N) is 1. The molecule has 4 fully saturated rings. The highest BCUT2D eigenvalue weighted by Gasteiger charge is 2.52. The molecule has 4 bridgehead atoms. The van der Waals surface area contributed by atoms with Crippen LogP contribution in [0.3, 0.4) is 0 Å². The van der Waals surface area contributed by atoms with Crippen molar-refractivity contribution in [1.29, 1.82) is 0 Å². The Balaban J connectivity index is 1.58.